The molecule has 13 heavy (non-hydrogen) atoms. The number of rotatable bonds is 5. The second-order valence-electron chi connectivity index (χ2n) is 3.40. The topological polar surface area (TPSA) is 55.9 Å². The lowest BCUT2D eigenvalue weighted by Gasteiger charge is -2.09. The van der Waals surface area contributed by atoms with Gasteiger partial charge in [0.1, 0.15) is 5.82 Å². The molecule has 3 N–H and O–H groups in total. The summed E-state index contributed by atoms with van der Waals surface area (Å²) in [6.07, 6.45) is 2.89. The van der Waals surface area contributed by atoms with Crippen LogP contribution in [0.3, 0.4) is 0 Å². The van der Waals surface area contributed by atoms with Gasteiger partial charge >= 0.3 is 0 Å². The highest BCUT2D eigenvalue weighted by molar-refractivity contribution is 5.33. The summed E-state index contributed by atoms with van der Waals surface area (Å²) in [5.74, 6) is 1.64. The Morgan fingerprint density at radius 3 is 3.00 bits per heavy atom. The normalized spacial score (nSPS) is 12.8. The summed E-state index contributed by atoms with van der Waals surface area (Å²) in [5, 5.41) is 7.37. The molecule has 0 amide bonds. The van der Waals surface area contributed by atoms with Crippen LogP contribution in [0.5, 0.6) is 0 Å². The molecule has 1 aromatic rings. The molecule has 1 rings (SSSR count). The van der Waals surface area contributed by atoms with E-state index in [1.54, 1.807) is 6.20 Å². The Labute approximate surface area is 79.1 Å². The van der Waals surface area contributed by atoms with E-state index in [0.29, 0.717) is 5.92 Å². The minimum absolute atomic E-state index is 0.584. The average Bonchev–Trinajstić information content (AvgIpc) is 2.52. The van der Waals surface area contributed by atoms with E-state index in [1.807, 2.05) is 17.8 Å². The highest BCUT2D eigenvalue weighted by atomic mass is 15.3. The Balaban J connectivity index is 2.24. The van der Waals surface area contributed by atoms with Gasteiger partial charge in [0.15, 0.2) is 0 Å². The predicted octanol–water partition coefficient (Wildman–Crippen LogP) is 0.817. The van der Waals surface area contributed by atoms with Crippen LogP contribution in [-0.4, -0.2) is 22.9 Å². The molecule has 4 heteroatoms. The Morgan fingerprint density at radius 2 is 2.46 bits per heavy atom. The Kier molecular flexibility index (Phi) is 3.76. The first-order valence-electron chi connectivity index (χ1n) is 4.66. The minimum atomic E-state index is 0.584. The van der Waals surface area contributed by atoms with Crippen LogP contribution in [0.2, 0.25) is 0 Å². The lowest BCUT2D eigenvalue weighted by molar-refractivity contribution is 0.559. The van der Waals surface area contributed by atoms with Gasteiger partial charge in [0.05, 0.1) is 6.20 Å². The number of anilines is 1. The van der Waals surface area contributed by atoms with Crippen LogP contribution in [-0.2, 0) is 7.05 Å². The molecule has 74 valence electrons. The molecule has 0 aromatic carbocycles. The molecule has 0 radical (unpaired) electrons. The summed E-state index contributed by atoms with van der Waals surface area (Å²) < 4.78 is 1.83. The molecule has 0 aliphatic heterocycles. The molecular formula is C9H18N4. The fourth-order valence-corrected chi connectivity index (χ4v) is 1.11. The van der Waals surface area contributed by atoms with E-state index in [9.17, 15) is 0 Å². The molecule has 1 unspecified atom stereocenters. The molecule has 0 fully saturated rings. The van der Waals surface area contributed by atoms with E-state index < -0.39 is 0 Å². The van der Waals surface area contributed by atoms with Crippen molar-refractivity contribution in [3.05, 3.63) is 12.3 Å². The van der Waals surface area contributed by atoms with Gasteiger partial charge in [-0.25, -0.2) is 0 Å². The zero-order valence-corrected chi connectivity index (χ0v) is 8.33. The Morgan fingerprint density at radius 1 is 1.69 bits per heavy atom. The number of aromatic nitrogens is 2. The van der Waals surface area contributed by atoms with Gasteiger partial charge < -0.3 is 11.1 Å². The molecule has 0 spiro atoms. The largest absolute Gasteiger partial charge is 0.370 e. The van der Waals surface area contributed by atoms with Gasteiger partial charge in [-0.1, -0.05) is 6.92 Å². The van der Waals surface area contributed by atoms with Crippen LogP contribution in [0.1, 0.15) is 13.3 Å². The quantitative estimate of drug-likeness (QED) is 0.708. The van der Waals surface area contributed by atoms with Gasteiger partial charge in [0.25, 0.3) is 0 Å². The van der Waals surface area contributed by atoms with Gasteiger partial charge in [-0.15, -0.1) is 0 Å². The maximum atomic E-state index is 5.52. The first-order valence-corrected chi connectivity index (χ1v) is 4.66. The van der Waals surface area contributed by atoms with Gasteiger partial charge in [-0.3, -0.25) is 4.68 Å². The highest BCUT2D eigenvalue weighted by Crippen LogP contribution is 2.05. The van der Waals surface area contributed by atoms with Gasteiger partial charge in [-0.2, -0.15) is 5.10 Å². The summed E-state index contributed by atoms with van der Waals surface area (Å²) in [5.41, 5.74) is 5.52. The van der Waals surface area contributed by atoms with Crippen LogP contribution >= 0.6 is 0 Å². The van der Waals surface area contributed by atoms with Crippen molar-refractivity contribution in [2.75, 3.05) is 18.4 Å². The third-order valence-electron chi connectivity index (χ3n) is 2.17. The van der Waals surface area contributed by atoms with Crippen molar-refractivity contribution in [2.24, 2.45) is 18.7 Å². The molecule has 0 saturated carbocycles. The zero-order valence-electron chi connectivity index (χ0n) is 8.33. The van der Waals surface area contributed by atoms with Crippen molar-refractivity contribution in [3.8, 4) is 0 Å². The average molecular weight is 182 g/mol. The number of hydrogen-bond donors (Lipinski definition) is 2. The summed E-state index contributed by atoms with van der Waals surface area (Å²) in [4.78, 5) is 0. The molecule has 0 aliphatic carbocycles. The van der Waals surface area contributed by atoms with E-state index >= 15 is 0 Å². The maximum Gasteiger partial charge on any atom is 0.123 e. The number of nitrogens with zero attached hydrogens (tertiary/aromatic N) is 2. The second kappa shape index (κ2) is 4.87. The van der Waals surface area contributed by atoms with E-state index in [-0.39, 0.29) is 0 Å². The molecule has 1 heterocycles. The summed E-state index contributed by atoms with van der Waals surface area (Å²) >= 11 is 0. The molecule has 0 aliphatic rings. The van der Waals surface area contributed by atoms with Crippen molar-refractivity contribution in [1.82, 2.24) is 9.78 Å². The molecule has 4 nitrogen and oxygen atoms in total. The van der Waals surface area contributed by atoms with E-state index in [0.717, 1.165) is 25.3 Å². The predicted molar refractivity (Wildman–Crippen MR) is 54.5 cm³/mol. The molecule has 0 saturated heterocycles. The number of hydrogen-bond acceptors (Lipinski definition) is 3. The van der Waals surface area contributed by atoms with Crippen molar-refractivity contribution < 1.29 is 0 Å². The van der Waals surface area contributed by atoms with Crippen LogP contribution in [0.4, 0.5) is 5.82 Å². The summed E-state index contributed by atoms with van der Waals surface area (Å²) in [6.45, 7) is 3.87. The summed E-state index contributed by atoms with van der Waals surface area (Å²) in [6, 6.07) is 1.97. The standard InChI is InChI=1S/C9H18N4/c1-8(7-10)3-5-11-9-4-6-12-13(9)2/h4,6,8,11H,3,5,7,10H2,1-2H3. The van der Waals surface area contributed by atoms with E-state index in [4.69, 9.17) is 5.73 Å². The van der Waals surface area contributed by atoms with Crippen LogP contribution < -0.4 is 11.1 Å². The Bertz CT molecular complexity index is 244. The monoisotopic (exact) mass is 182 g/mol. The fraction of sp³-hybridized carbons (Fsp3) is 0.667. The number of nitrogens with one attached hydrogen (secondary N) is 1. The SMILES string of the molecule is CC(CN)CCNc1ccnn1C. The van der Waals surface area contributed by atoms with Gasteiger partial charge in [0, 0.05) is 19.7 Å². The van der Waals surface area contributed by atoms with Crippen LogP contribution in [0, 0.1) is 5.92 Å². The van der Waals surface area contributed by atoms with Crippen molar-refractivity contribution >= 4 is 5.82 Å². The fourth-order valence-electron chi connectivity index (χ4n) is 1.11. The lowest BCUT2D eigenvalue weighted by Crippen LogP contribution is -2.15. The maximum absolute atomic E-state index is 5.52. The van der Waals surface area contributed by atoms with Crippen LogP contribution in [0.15, 0.2) is 12.3 Å². The van der Waals surface area contributed by atoms with Crippen molar-refractivity contribution in [1.29, 1.82) is 0 Å². The molecule has 1 aromatic heterocycles. The third-order valence-corrected chi connectivity index (χ3v) is 2.17. The van der Waals surface area contributed by atoms with Crippen molar-refractivity contribution in [3.63, 3.8) is 0 Å². The first-order chi connectivity index (χ1) is 6.24. The molecule has 1 atom stereocenters. The van der Waals surface area contributed by atoms with Crippen LogP contribution in [0.25, 0.3) is 0 Å². The molecular weight excluding hydrogens is 164 g/mol. The van der Waals surface area contributed by atoms with Crippen molar-refractivity contribution in [2.45, 2.75) is 13.3 Å². The van der Waals surface area contributed by atoms with E-state index in [1.165, 1.54) is 0 Å². The summed E-state index contributed by atoms with van der Waals surface area (Å²) in [7, 11) is 1.93. The zero-order chi connectivity index (χ0) is 9.68. The third kappa shape index (κ3) is 3.06. The van der Waals surface area contributed by atoms with Gasteiger partial charge in [-0.05, 0) is 18.9 Å². The van der Waals surface area contributed by atoms with Gasteiger partial charge in [0.2, 0.25) is 0 Å². The molecule has 0 bridgehead atoms. The smallest absolute Gasteiger partial charge is 0.123 e. The number of nitrogens with two attached hydrogens (primary N) is 1. The van der Waals surface area contributed by atoms with E-state index in [2.05, 4.69) is 17.3 Å². The second-order valence-corrected chi connectivity index (χ2v) is 3.40. The number of aryl methyl sites for hydroxylation is 1. The minimum Gasteiger partial charge on any atom is -0.370 e. The lowest BCUT2D eigenvalue weighted by atomic mass is 10.1. The Hall–Kier alpha value is -1.03. The highest BCUT2D eigenvalue weighted by Gasteiger charge is 2.00. The first kappa shape index (κ1) is 10.1.